The van der Waals surface area contributed by atoms with Crippen LogP contribution in [0, 0.1) is 11.8 Å². The second-order valence-electron chi connectivity index (χ2n) is 5.47. The molecule has 1 fully saturated rings. The number of carbonyl (C=O) groups is 3. The molecule has 2 amide bonds. The zero-order chi connectivity index (χ0) is 15.0. The maximum absolute atomic E-state index is 12.2. The van der Waals surface area contributed by atoms with Gasteiger partial charge in [-0.15, -0.1) is 0 Å². The first-order valence-electron chi connectivity index (χ1n) is 6.92. The summed E-state index contributed by atoms with van der Waals surface area (Å²) in [7, 11) is 0. The summed E-state index contributed by atoms with van der Waals surface area (Å²) in [5.41, 5.74) is 1.21. The van der Waals surface area contributed by atoms with E-state index in [9.17, 15) is 14.4 Å². The van der Waals surface area contributed by atoms with Gasteiger partial charge >= 0.3 is 5.97 Å². The van der Waals surface area contributed by atoms with Crippen LogP contribution < -0.4 is 10.2 Å². The van der Waals surface area contributed by atoms with Crippen molar-refractivity contribution in [1.29, 1.82) is 0 Å². The van der Waals surface area contributed by atoms with Crippen LogP contribution in [-0.4, -0.2) is 30.9 Å². The average Bonchev–Trinajstić information content (AvgIpc) is 3.20. The molecule has 6 nitrogen and oxygen atoms in total. The number of carbonyl (C=O) groups excluding carboxylic acids is 3. The molecule has 0 saturated heterocycles. The lowest BCUT2D eigenvalue weighted by atomic mass is 10.2. The van der Waals surface area contributed by atoms with E-state index in [1.807, 2.05) is 6.92 Å². The summed E-state index contributed by atoms with van der Waals surface area (Å²) in [5, 5.41) is 2.70. The molecule has 1 aromatic rings. The van der Waals surface area contributed by atoms with E-state index in [4.69, 9.17) is 4.74 Å². The van der Waals surface area contributed by atoms with Crippen molar-refractivity contribution in [2.24, 2.45) is 11.8 Å². The topological polar surface area (TPSA) is 75.7 Å². The van der Waals surface area contributed by atoms with Gasteiger partial charge in [-0.25, -0.2) is 0 Å². The number of nitrogens with one attached hydrogen (secondary N) is 1. The Kier molecular flexibility index (Phi) is 3.37. The van der Waals surface area contributed by atoms with Crippen molar-refractivity contribution in [3.05, 3.63) is 24.3 Å². The molecule has 6 heteroatoms. The first-order chi connectivity index (χ1) is 10.1. The number of amides is 2. The van der Waals surface area contributed by atoms with Crippen molar-refractivity contribution in [3.63, 3.8) is 0 Å². The second kappa shape index (κ2) is 5.20. The van der Waals surface area contributed by atoms with Crippen molar-refractivity contribution in [2.45, 2.75) is 13.3 Å². The fourth-order valence-electron chi connectivity index (χ4n) is 2.42. The molecule has 0 spiro atoms. The smallest absolute Gasteiger partial charge is 0.309 e. The zero-order valence-corrected chi connectivity index (χ0v) is 11.7. The summed E-state index contributed by atoms with van der Waals surface area (Å²) in [6.45, 7) is 1.58. The Morgan fingerprint density at radius 2 is 2.10 bits per heavy atom. The van der Waals surface area contributed by atoms with Crippen LogP contribution in [0.2, 0.25) is 0 Å². The SMILES string of the molecule is C[C@H]1C[C@@H]1C(=O)OCC(=O)N1CC(=O)Nc2ccccc21. The van der Waals surface area contributed by atoms with E-state index >= 15 is 0 Å². The molecular weight excluding hydrogens is 272 g/mol. The van der Waals surface area contributed by atoms with E-state index in [1.165, 1.54) is 4.90 Å². The van der Waals surface area contributed by atoms with E-state index in [1.54, 1.807) is 24.3 Å². The fourth-order valence-corrected chi connectivity index (χ4v) is 2.42. The third kappa shape index (κ3) is 2.74. The molecule has 110 valence electrons. The van der Waals surface area contributed by atoms with Crippen molar-refractivity contribution in [2.75, 3.05) is 23.4 Å². The van der Waals surface area contributed by atoms with Crippen LogP contribution in [0.15, 0.2) is 24.3 Å². The molecule has 21 heavy (non-hydrogen) atoms. The molecule has 1 N–H and O–H groups in total. The summed E-state index contributed by atoms with van der Waals surface area (Å²) in [4.78, 5) is 36.8. The Morgan fingerprint density at radius 1 is 1.38 bits per heavy atom. The molecule has 2 aliphatic rings. The fraction of sp³-hybridized carbons (Fsp3) is 0.400. The monoisotopic (exact) mass is 288 g/mol. The highest BCUT2D eigenvalue weighted by atomic mass is 16.5. The minimum atomic E-state index is -0.390. The van der Waals surface area contributed by atoms with E-state index in [-0.39, 0.29) is 36.9 Å². The molecule has 1 saturated carbocycles. The minimum absolute atomic E-state index is 0.0623. The Labute approximate surface area is 122 Å². The van der Waals surface area contributed by atoms with Gasteiger partial charge in [0, 0.05) is 0 Å². The molecule has 1 heterocycles. The van der Waals surface area contributed by atoms with E-state index in [0.717, 1.165) is 6.42 Å². The molecule has 0 unspecified atom stereocenters. The Hall–Kier alpha value is -2.37. The molecule has 0 bridgehead atoms. The third-order valence-corrected chi connectivity index (χ3v) is 3.82. The number of esters is 1. The highest BCUT2D eigenvalue weighted by Gasteiger charge is 2.41. The molecule has 1 aromatic carbocycles. The lowest BCUT2D eigenvalue weighted by Gasteiger charge is -2.28. The first kappa shape index (κ1) is 13.6. The maximum atomic E-state index is 12.2. The van der Waals surface area contributed by atoms with Crippen molar-refractivity contribution >= 4 is 29.2 Å². The predicted octanol–water partition coefficient (Wildman–Crippen LogP) is 1.17. The van der Waals surface area contributed by atoms with Crippen LogP contribution in [0.25, 0.3) is 0 Å². The molecule has 0 radical (unpaired) electrons. The minimum Gasteiger partial charge on any atom is -0.455 e. The quantitative estimate of drug-likeness (QED) is 0.847. The Bertz CT molecular complexity index is 613. The van der Waals surface area contributed by atoms with Crippen LogP contribution >= 0.6 is 0 Å². The summed E-state index contributed by atoms with van der Waals surface area (Å²) >= 11 is 0. The molecule has 2 atom stereocenters. The predicted molar refractivity (Wildman–Crippen MR) is 75.7 cm³/mol. The highest BCUT2D eigenvalue weighted by molar-refractivity contribution is 6.10. The number of ether oxygens (including phenoxy) is 1. The van der Waals surface area contributed by atoms with Crippen LogP contribution in [0.3, 0.4) is 0 Å². The van der Waals surface area contributed by atoms with E-state index in [2.05, 4.69) is 5.32 Å². The van der Waals surface area contributed by atoms with Gasteiger partial charge in [0.15, 0.2) is 6.61 Å². The van der Waals surface area contributed by atoms with Gasteiger partial charge in [0.2, 0.25) is 5.91 Å². The van der Waals surface area contributed by atoms with Crippen LogP contribution in [0.5, 0.6) is 0 Å². The van der Waals surface area contributed by atoms with Gasteiger partial charge in [-0.3, -0.25) is 19.3 Å². The Morgan fingerprint density at radius 3 is 2.81 bits per heavy atom. The lowest BCUT2D eigenvalue weighted by Crippen LogP contribution is -2.44. The van der Waals surface area contributed by atoms with Gasteiger partial charge in [-0.1, -0.05) is 19.1 Å². The summed E-state index contributed by atoms with van der Waals surface area (Å²) in [5.74, 6) is -0.711. The average molecular weight is 288 g/mol. The number of hydrogen-bond donors (Lipinski definition) is 1. The number of nitrogens with zero attached hydrogens (tertiary/aromatic N) is 1. The number of rotatable bonds is 3. The summed E-state index contributed by atoms with van der Waals surface area (Å²) < 4.78 is 5.04. The van der Waals surface area contributed by atoms with Crippen molar-refractivity contribution in [3.8, 4) is 0 Å². The van der Waals surface area contributed by atoms with E-state index < -0.39 is 0 Å². The largest absolute Gasteiger partial charge is 0.455 e. The molecule has 3 rings (SSSR count). The molecular formula is C15H16N2O4. The molecule has 1 aliphatic carbocycles. The molecule has 0 aromatic heterocycles. The van der Waals surface area contributed by atoms with Gasteiger partial charge in [0.25, 0.3) is 5.91 Å². The van der Waals surface area contributed by atoms with Crippen LogP contribution in [0.1, 0.15) is 13.3 Å². The second-order valence-corrected chi connectivity index (χ2v) is 5.47. The van der Waals surface area contributed by atoms with Gasteiger partial charge in [-0.2, -0.15) is 0 Å². The normalized spacial score (nSPS) is 23.1. The molecule has 1 aliphatic heterocycles. The van der Waals surface area contributed by atoms with Gasteiger partial charge in [-0.05, 0) is 24.5 Å². The number of anilines is 2. The number of para-hydroxylation sites is 2. The first-order valence-corrected chi connectivity index (χ1v) is 6.92. The number of hydrogen-bond acceptors (Lipinski definition) is 4. The van der Waals surface area contributed by atoms with Gasteiger partial charge in [0.05, 0.1) is 17.3 Å². The summed E-state index contributed by atoms with van der Waals surface area (Å²) in [6.07, 6.45) is 0.821. The standard InChI is InChI=1S/C15H16N2O4/c1-9-6-10(9)15(20)21-8-14(19)17-7-13(18)16-11-4-2-3-5-12(11)17/h2-5,9-10H,6-8H2,1H3,(H,16,18)/t9-,10-/m0/s1. The van der Waals surface area contributed by atoms with Crippen molar-refractivity contribution < 1.29 is 19.1 Å². The van der Waals surface area contributed by atoms with Gasteiger partial charge in [0.1, 0.15) is 6.54 Å². The maximum Gasteiger partial charge on any atom is 0.309 e. The lowest BCUT2D eigenvalue weighted by molar-refractivity contribution is -0.149. The zero-order valence-electron chi connectivity index (χ0n) is 11.7. The van der Waals surface area contributed by atoms with Gasteiger partial charge < -0.3 is 10.1 Å². The van der Waals surface area contributed by atoms with Crippen molar-refractivity contribution in [1.82, 2.24) is 0 Å². The highest BCUT2D eigenvalue weighted by Crippen LogP contribution is 2.38. The van der Waals surface area contributed by atoms with Crippen LogP contribution in [-0.2, 0) is 19.1 Å². The number of fused-ring (bicyclic) bond motifs is 1. The van der Waals surface area contributed by atoms with E-state index in [0.29, 0.717) is 17.3 Å². The summed E-state index contributed by atoms with van der Waals surface area (Å²) in [6, 6.07) is 7.04. The third-order valence-electron chi connectivity index (χ3n) is 3.82. The number of benzene rings is 1. The van der Waals surface area contributed by atoms with Crippen LogP contribution in [0.4, 0.5) is 11.4 Å². The Balaban J connectivity index is 1.67.